The van der Waals surface area contributed by atoms with Gasteiger partial charge in [-0.2, -0.15) is 27.2 Å². The molecule has 5 aromatic carbocycles. The van der Waals surface area contributed by atoms with E-state index in [4.69, 9.17) is 31.7 Å². The van der Waals surface area contributed by atoms with Crippen LogP contribution >= 0.6 is 57.7 Å². The Morgan fingerprint density at radius 3 is 1.57 bits per heavy atom. The minimum Gasteiger partial charge on any atom is -0.494 e. The third-order valence-corrected chi connectivity index (χ3v) is 16.6. The van der Waals surface area contributed by atoms with Gasteiger partial charge in [0.2, 0.25) is 22.9 Å². The highest BCUT2D eigenvalue weighted by Gasteiger charge is 2.25. The van der Waals surface area contributed by atoms with Crippen LogP contribution in [-0.4, -0.2) is 115 Å². The number of nitrogens with one attached hydrogen (secondary N) is 3. The van der Waals surface area contributed by atoms with Crippen LogP contribution in [0.1, 0.15) is 25.3 Å². The predicted molar refractivity (Wildman–Crippen MR) is 338 cm³/mol. The number of fused-ring (bicyclic) bond motifs is 2. The molecular weight excluding hydrogens is 1350 g/mol. The van der Waals surface area contributed by atoms with Crippen molar-refractivity contribution in [1.29, 1.82) is 0 Å². The average molecular weight is 1410 g/mol. The lowest BCUT2D eigenvalue weighted by atomic mass is 10.2. The molecule has 0 amide bonds. The van der Waals surface area contributed by atoms with Crippen molar-refractivity contribution in [1.82, 2.24) is 39.9 Å². The molecule has 0 saturated heterocycles. The number of aliphatic hydroxyl groups is 1. The van der Waals surface area contributed by atoms with Crippen LogP contribution in [0.2, 0.25) is 5.28 Å². The topological polar surface area (TPSA) is 379 Å². The molecule has 87 heavy (non-hydrogen) atoms. The lowest BCUT2D eigenvalue weighted by Gasteiger charge is -2.17. The minimum atomic E-state index is -4.02. The highest BCUT2D eigenvalue weighted by Crippen LogP contribution is 2.43. The van der Waals surface area contributed by atoms with Crippen LogP contribution in [0.3, 0.4) is 0 Å². The number of nitrogens with zero attached hydrogens (tertiary/aromatic N) is 10. The number of unbranched alkanes of at least 4 members (excludes halogenated alkanes) is 1. The molecule has 0 aliphatic rings. The van der Waals surface area contributed by atoms with E-state index in [0.29, 0.717) is 71.2 Å². The van der Waals surface area contributed by atoms with Crippen LogP contribution < -0.4 is 41.8 Å². The number of aryl methyl sites for hydroxylation is 1. The first kappa shape index (κ1) is 69.7. The molecule has 460 valence electrons. The van der Waals surface area contributed by atoms with Gasteiger partial charge in [0.25, 0.3) is 10.1 Å². The Balaban J connectivity index is 0.000000226. The molecule has 0 saturated carbocycles. The first-order valence-electron chi connectivity index (χ1n) is 25.0. The average Bonchev–Trinajstić information content (AvgIpc) is 2.80. The number of ether oxygens (including phenoxy) is 2. The Bertz CT molecular complexity index is 4180. The Morgan fingerprint density at radius 2 is 1.14 bits per heavy atom. The van der Waals surface area contributed by atoms with Gasteiger partial charge in [0.15, 0.2) is 0 Å². The summed E-state index contributed by atoms with van der Waals surface area (Å²) < 4.78 is 93.3. The lowest BCUT2D eigenvalue weighted by Crippen LogP contribution is -2.14. The smallest absolute Gasteiger partial charge is 0.307 e. The molecule has 7 N–H and O–H groups in total. The fraction of sp³-hybridized carbons (Fsp3) is 0.208. The number of nitrogen functional groups attached to an aromatic ring is 1. The van der Waals surface area contributed by atoms with E-state index in [2.05, 4.69) is 99.3 Å². The summed E-state index contributed by atoms with van der Waals surface area (Å²) in [7, 11) is -6.84. The molecule has 4 heterocycles. The Morgan fingerprint density at radius 1 is 0.678 bits per heavy atom. The summed E-state index contributed by atoms with van der Waals surface area (Å²) in [5.41, 5.74) is 8.65. The van der Waals surface area contributed by atoms with E-state index in [1.54, 1.807) is 75.7 Å². The van der Waals surface area contributed by atoms with E-state index in [-0.39, 0.29) is 39.0 Å². The second-order valence-corrected chi connectivity index (χ2v) is 28.3. The van der Waals surface area contributed by atoms with Gasteiger partial charge in [-0.1, -0.05) is 31.0 Å². The number of nitro benzene ring substituents is 2. The Kier molecular flexibility index (Phi) is 24.9. The van der Waals surface area contributed by atoms with Crippen LogP contribution in [0.4, 0.5) is 60.5 Å². The molecule has 4 aromatic heterocycles. The number of anilines is 7. The number of nitrogens with two attached hydrogens (primary N) is 1. The number of benzene rings is 5. The van der Waals surface area contributed by atoms with Crippen LogP contribution in [0, 0.1) is 38.8 Å². The molecule has 9 aromatic rings. The largest absolute Gasteiger partial charge is 0.494 e. The quantitative estimate of drug-likeness (QED) is 0.0139. The van der Waals surface area contributed by atoms with Crippen molar-refractivity contribution in [2.24, 2.45) is 0 Å². The van der Waals surface area contributed by atoms with Crippen molar-refractivity contribution in [3.63, 3.8) is 0 Å². The van der Waals surface area contributed by atoms with Gasteiger partial charge < -0.3 is 45.4 Å². The van der Waals surface area contributed by atoms with Gasteiger partial charge in [0.1, 0.15) is 48.5 Å². The zero-order chi connectivity index (χ0) is 64.6. The number of aliphatic hydroxyl groups excluding tert-OH is 1. The van der Waals surface area contributed by atoms with Crippen molar-refractivity contribution in [3.8, 4) is 11.5 Å². The number of rotatable bonds is 15. The van der Waals surface area contributed by atoms with Gasteiger partial charge in [-0.25, -0.2) is 9.97 Å². The summed E-state index contributed by atoms with van der Waals surface area (Å²) >= 11 is 12.6. The molecule has 0 bridgehead atoms. The maximum Gasteiger partial charge on any atom is 0.307 e. The van der Waals surface area contributed by atoms with Crippen molar-refractivity contribution < 1.29 is 55.3 Å². The monoisotopic (exact) mass is 1400 g/mol. The number of hydrogen-bond donors (Lipinski definition) is 6. The fourth-order valence-corrected chi connectivity index (χ4v) is 11.3. The summed E-state index contributed by atoms with van der Waals surface area (Å²) in [6.07, 6.45) is 11.3. The summed E-state index contributed by atoms with van der Waals surface area (Å²) in [5.74, 6) is -1.03. The van der Waals surface area contributed by atoms with Gasteiger partial charge in [0.05, 0.1) is 82.3 Å². The molecule has 0 aliphatic carbocycles. The van der Waals surface area contributed by atoms with Crippen molar-refractivity contribution >= 4 is 152 Å². The van der Waals surface area contributed by atoms with E-state index in [9.17, 15) is 46.6 Å². The SMILES string of the molecule is CCCCO.COc1cc(F)c([N+](=O)[O-])cc1N.COc1cc(F)c([N+](=O)[O-])cc1Nc1ncc(Br)c(Nc2ccc3nccnc3c2P(C)(C)=O)n1.CP(C)(=O)c1c(Nc2nc(Cl)ncc2Br)ccc2nccnc12.Cc1ccc(S(=O)(=O)O)cc1. The van der Waals surface area contributed by atoms with E-state index >= 15 is 0 Å². The van der Waals surface area contributed by atoms with Crippen molar-refractivity contribution in [3.05, 3.63) is 162 Å². The zero-order valence-electron chi connectivity index (χ0n) is 47.2. The predicted octanol–water partition coefficient (Wildman–Crippen LogP) is 12.1. The molecule has 0 unspecified atom stereocenters. The highest BCUT2D eigenvalue weighted by atomic mass is 79.9. The maximum absolute atomic E-state index is 14.0. The molecule has 9 rings (SSSR count). The molecule has 0 aliphatic heterocycles. The van der Waals surface area contributed by atoms with Crippen LogP contribution in [0.15, 0.2) is 124 Å². The summed E-state index contributed by atoms with van der Waals surface area (Å²) in [6.45, 7) is 10.9. The van der Waals surface area contributed by atoms with Crippen LogP contribution in [-0.2, 0) is 19.2 Å². The zero-order valence-corrected chi connectivity index (χ0v) is 53.8. The normalized spacial score (nSPS) is 11.0. The molecule has 0 atom stereocenters. The van der Waals surface area contributed by atoms with Crippen molar-refractivity contribution in [2.75, 3.05) is 69.2 Å². The molecule has 34 heteroatoms. The Labute approximate surface area is 518 Å². The third-order valence-electron chi connectivity index (χ3n) is 11.3. The molecular formula is C53H55Br2ClF2N14O12P2S. The van der Waals surface area contributed by atoms with E-state index in [1.165, 1.54) is 38.7 Å². The van der Waals surface area contributed by atoms with Gasteiger partial charge in [-0.3, -0.25) is 44.7 Å². The van der Waals surface area contributed by atoms with Crippen LogP contribution in [0.25, 0.3) is 22.1 Å². The maximum atomic E-state index is 14.0. The molecule has 0 radical (unpaired) electrons. The lowest BCUT2D eigenvalue weighted by molar-refractivity contribution is -0.387. The number of aromatic nitrogens is 8. The minimum absolute atomic E-state index is 0.0300. The number of nitro groups is 2. The summed E-state index contributed by atoms with van der Waals surface area (Å²) in [6, 6.07) is 16.8. The van der Waals surface area contributed by atoms with Crippen molar-refractivity contribution in [2.45, 2.75) is 31.6 Å². The Hall–Kier alpha value is -8.02. The van der Waals surface area contributed by atoms with E-state index < -0.39 is 57.3 Å². The second kappa shape index (κ2) is 31.1. The fourth-order valence-electron chi connectivity index (χ4n) is 7.35. The van der Waals surface area contributed by atoms with E-state index in [1.807, 2.05) is 19.1 Å². The standard InChI is InChI=1S/C21H18BrFN7O4P.C14H12BrClN5OP.C7H7FN2O3.C7H8O3S.C4H10O/c1-34-17-8-12(23)16(30(31)32)9-15(17)28-21-26-10-11(22)20(29-21)27-14-5-4-13-18(25-7-6-24-13)19(14)35(2,3)33;1-23(2,22)12-10(4-3-9-11(12)18-6-5-17-9)20-13-8(15)7-19-14(16)21-13;1-13-7-2-4(8)6(10(11)12)3-5(7)9;1-6-2-4-7(5-3-6)11(8,9)10;1-2-3-4-5/h4-10H,1-3H3,(H2,26,27,28,29);3-7H,1-2H3,(H,19,20,21);2-3H,9H2,1H3;2-5H,1H3,(H,8,9,10);5H,2-4H2,1H3. The molecule has 0 fully saturated rings. The van der Waals surface area contributed by atoms with Gasteiger partial charge >= 0.3 is 11.4 Å². The number of hydrogen-bond acceptors (Lipinski definition) is 23. The first-order valence-corrected chi connectivity index (χ1v) is 33.6. The third kappa shape index (κ3) is 19.5. The number of methoxy groups -OCH3 is 2. The first-order chi connectivity index (χ1) is 40.9. The van der Waals surface area contributed by atoms with Crippen LogP contribution in [0.5, 0.6) is 11.5 Å². The second-order valence-electron chi connectivity index (χ2n) is 18.5. The summed E-state index contributed by atoms with van der Waals surface area (Å²) in [4.78, 5) is 53.5. The van der Waals surface area contributed by atoms with E-state index in [0.717, 1.165) is 42.7 Å². The molecule has 26 nitrogen and oxygen atoms in total. The van der Waals surface area contributed by atoms with Gasteiger partial charge in [-0.05, 0) is 120 Å². The number of halogens is 5. The highest BCUT2D eigenvalue weighted by molar-refractivity contribution is 9.11. The van der Waals surface area contributed by atoms with Gasteiger partial charge in [-0.15, -0.1) is 0 Å². The summed E-state index contributed by atoms with van der Waals surface area (Å²) in [5, 5.41) is 39.9. The molecule has 0 spiro atoms. The van der Waals surface area contributed by atoms with Gasteiger partial charge in [0, 0.05) is 68.1 Å².